The first kappa shape index (κ1) is 19.9. The number of hydrogen-bond acceptors (Lipinski definition) is 3. The lowest BCUT2D eigenvalue weighted by atomic mass is 10.0. The molecule has 0 radical (unpaired) electrons. The van der Waals surface area contributed by atoms with Crippen LogP contribution < -0.4 is 5.32 Å². The molecule has 0 aromatic heterocycles. The highest BCUT2D eigenvalue weighted by Crippen LogP contribution is 2.20. The molecule has 2 N–H and O–H groups in total. The molecule has 1 aliphatic rings. The minimum Gasteiger partial charge on any atom is -0.393 e. The second-order valence-electron chi connectivity index (χ2n) is 7.71. The fourth-order valence-corrected chi connectivity index (χ4v) is 3.33. The number of unbranched alkanes of at least 4 members (excludes halogenated alkanes) is 2. The minimum absolute atomic E-state index is 0.117. The van der Waals surface area contributed by atoms with Crippen LogP contribution in [0.3, 0.4) is 0 Å². The van der Waals surface area contributed by atoms with Gasteiger partial charge in [-0.15, -0.1) is 0 Å². The number of para-hydroxylation sites is 1. The number of benzene rings is 1. The number of likely N-dealkylation sites (tertiary alicyclic amines) is 1. The van der Waals surface area contributed by atoms with Gasteiger partial charge in [0.05, 0.1) is 6.10 Å². The lowest BCUT2D eigenvalue weighted by molar-refractivity contribution is -0.116. The molecule has 0 atom stereocenters. The second kappa shape index (κ2) is 10.6. The Bertz CT molecular complexity index is 522. The van der Waals surface area contributed by atoms with Crippen molar-refractivity contribution in [2.75, 3.05) is 18.4 Å². The van der Waals surface area contributed by atoms with Crippen molar-refractivity contribution in [1.82, 2.24) is 4.90 Å². The fraction of sp³-hybridized carbons (Fsp3) is 0.667. The van der Waals surface area contributed by atoms with Crippen molar-refractivity contribution in [3.05, 3.63) is 29.8 Å². The zero-order chi connectivity index (χ0) is 18.1. The van der Waals surface area contributed by atoms with Gasteiger partial charge in [-0.3, -0.25) is 9.69 Å². The molecule has 140 valence electrons. The van der Waals surface area contributed by atoms with Gasteiger partial charge in [-0.25, -0.2) is 0 Å². The minimum atomic E-state index is -0.151. The van der Waals surface area contributed by atoms with Crippen LogP contribution in [0.1, 0.15) is 64.4 Å². The van der Waals surface area contributed by atoms with Gasteiger partial charge in [0, 0.05) is 31.7 Å². The molecule has 1 aliphatic heterocycles. The Morgan fingerprint density at radius 3 is 2.64 bits per heavy atom. The van der Waals surface area contributed by atoms with Crippen molar-refractivity contribution in [3.8, 4) is 0 Å². The quantitative estimate of drug-likeness (QED) is 0.659. The SMILES string of the molecule is CC(C)CCCCCC(=O)Nc1ccccc1CN1CCC(O)CC1. The lowest BCUT2D eigenvalue weighted by Gasteiger charge is -2.30. The lowest BCUT2D eigenvalue weighted by Crippen LogP contribution is -2.35. The monoisotopic (exact) mass is 346 g/mol. The number of carbonyl (C=O) groups is 1. The molecule has 1 heterocycles. The number of amides is 1. The van der Waals surface area contributed by atoms with Crippen molar-refractivity contribution in [2.45, 2.75) is 71.4 Å². The van der Waals surface area contributed by atoms with Crippen LogP contribution in [0.4, 0.5) is 5.69 Å². The van der Waals surface area contributed by atoms with Gasteiger partial charge >= 0.3 is 0 Å². The van der Waals surface area contributed by atoms with E-state index in [1.54, 1.807) is 0 Å². The van der Waals surface area contributed by atoms with Gasteiger partial charge in [0.25, 0.3) is 0 Å². The molecule has 1 fully saturated rings. The predicted octanol–water partition coefficient (Wildman–Crippen LogP) is 4.19. The van der Waals surface area contributed by atoms with E-state index in [0.717, 1.165) is 62.5 Å². The zero-order valence-corrected chi connectivity index (χ0v) is 15.8. The van der Waals surface area contributed by atoms with E-state index in [1.807, 2.05) is 18.2 Å². The van der Waals surface area contributed by atoms with Crippen LogP contribution in [-0.2, 0) is 11.3 Å². The molecule has 4 nitrogen and oxygen atoms in total. The molecular weight excluding hydrogens is 312 g/mol. The van der Waals surface area contributed by atoms with E-state index in [-0.39, 0.29) is 12.0 Å². The van der Waals surface area contributed by atoms with E-state index in [9.17, 15) is 9.90 Å². The molecular formula is C21H34N2O2. The third-order valence-electron chi connectivity index (χ3n) is 4.93. The first-order valence-electron chi connectivity index (χ1n) is 9.82. The van der Waals surface area contributed by atoms with Crippen molar-refractivity contribution < 1.29 is 9.90 Å². The molecule has 4 heteroatoms. The molecule has 0 unspecified atom stereocenters. The normalized spacial score (nSPS) is 16.3. The van der Waals surface area contributed by atoms with Crippen LogP contribution in [0.5, 0.6) is 0 Å². The summed E-state index contributed by atoms with van der Waals surface area (Å²) in [7, 11) is 0. The molecule has 0 aliphatic carbocycles. The molecule has 1 aromatic rings. The number of nitrogens with zero attached hydrogens (tertiary/aromatic N) is 1. The van der Waals surface area contributed by atoms with E-state index in [1.165, 1.54) is 12.8 Å². The summed E-state index contributed by atoms with van der Waals surface area (Å²) >= 11 is 0. The van der Waals surface area contributed by atoms with E-state index < -0.39 is 0 Å². The highest BCUT2D eigenvalue weighted by atomic mass is 16.3. The summed E-state index contributed by atoms with van der Waals surface area (Å²) in [5.74, 6) is 0.864. The third kappa shape index (κ3) is 7.57. The second-order valence-corrected chi connectivity index (χ2v) is 7.71. The summed E-state index contributed by atoms with van der Waals surface area (Å²) < 4.78 is 0. The van der Waals surface area contributed by atoms with Gasteiger partial charge in [-0.2, -0.15) is 0 Å². The van der Waals surface area contributed by atoms with Crippen LogP contribution >= 0.6 is 0 Å². The van der Waals surface area contributed by atoms with Gasteiger partial charge < -0.3 is 10.4 Å². The van der Waals surface area contributed by atoms with E-state index >= 15 is 0 Å². The molecule has 0 saturated carbocycles. The maximum atomic E-state index is 12.2. The van der Waals surface area contributed by atoms with Gasteiger partial charge in [0.2, 0.25) is 5.91 Å². The van der Waals surface area contributed by atoms with Crippen LogP contribution in [0, 0.1) is 5.92 Å². The molecule has 1 saturated heterocycles. The largest absolute Gasteiger partial charge is 0.393 e. The van der Waals surface area contributed by atoms with Gasteiger partial charge in [0.1, 0.15) is 0 Å². The van der Waals surface area contributed by atoms with Crippen molar-refractivity contribution in [1.29, 1.82) is 0 Å². The van der Waals surface area contributed by atoms with Crippen molar-refractivity contribution in [2.24, 2.45) is 5.92 Å². The highest BCUT2D eigenvalue weighted by Gasteiger charge is 2.18. The third-order valence-corrected chi connectivity index (χ3v) is 4.93. The van der Waals surface area contributed by atoms with Crippen molar-refractivity contribution >= 4 is 11.6 Å². The number of piperidine rings is 1. The predicted molar refractivity (Wildman–Crippen MR) is 104 cm³/mol. The van der Waals surface area contributed by atoms with Crippen LogP contribution in [0.2, 0.25) is 0 Å². The smallest absolute Gasteiger partial charge is 0.224 e. The summed E-state index contributed by atoms with van der Waals surface area (Å²) in [6.07, 6.45) is 6.67. The van der Waals surface area contributed by atoms with Crippen molar-refractivity contribution in [3.63, 3.8) is 0 Å². The van der Waals surface area contributed by atoms with Gasteiger partial charge in [-0.1, -0.05) is 51.3 Å². The number of hydrogen-bond donors (Lipinski definition) is 2. The number of aliphatic hydroxyl groups excluding tert-OH is 1. The average molecular weight is 347 g/mol. The summed E-state index contributed by atoms with van der Waals surface area (Å²) in [4.78, 5) is 14.6. The van der Waals surface area contributed by atoms with E-state index in [2.05, 4.69) is 30.1 Å². The number of rotatable bonds is 9. The highest BCUT2D eigenvalue weighted by molar-refractivity contribution is 5.91. The number of carbonyl (C=O) groups excluding carboxylic acids is 1. The zero-order valence-electron chi connectivity index (χ0n) is 15.8. The van der Waals surface area contributed by atoms with E-state index in [0.29, 0.717) is 6.42 Å². The Kier molecular flexibility index (Phi) is 8.42. The van der Waals surface area contributed by atoms with Crippen LogP contribution in [0.25, 0.3) is 0 Å². The first-order valence-corrected chi connectivity index (χ1v) is 9.82. The summed E-state index contributed by atoms with van der Waals surface area (Å²) in [5.41, 5.74) is 2.09. The Morgan fingerprint density at radius 2 is 1.92 bits per heavy atom. The molecule has 1 amide bonds. The summed E-state index contributed by atoms with van der Waals surface area (Å²) in [6, 6.07) is 8.07. The fourth-order valence-electron chi connectivity index (χ4n) is 3.33. The standard InChI is InChI=1S/C21H34N2O2/c1-17(2)8-4-3-5-11-21(25)22-20-10-7-6-9-18(20)16-23-14-12-19(24)13-15-23/h6-7,9-10,17,19,24H,3-5,8,11-16H2,1-2H3,(H,22,25). The molecule has 2 rings (SSSR count). The van der Waals surface area contributed by atoms with Crippen LogP contribution in [-0.4, -0.2) is 35.1 Å². The molecule has 1 aromatic carbocycles. The summed E-state index contributed by atoms with van der Waals surface area (Å²) in [6.45, 7) is 7.15. The number of nitrogens with one attached hydrogen (secondary N) is 1. The van der Waals surface area contributed by atoms with Gasteiger partial charge in [-0.05, 0) is 36.8 Å². The Balaban J connectivity index is 1.78. The summed E-state index contributed by atoms with van der Waals surface area (Å²) in [5, 5.41) is 12.7. The molecule has 0 spiro atoms. The van der Waals surface area contributed by atoms with Gasteiger partial charge in [0.15, 0.2) is 0 Å². The number of aliphatic hydroxyl groups is 1. The Labute approximate surface area is 152 Å². The Morgan fingerprint density at radius 1 is 1.20 bits per heavy atom. The Hall–Kier alpha value is -1.39. The maximum absolute atomic E-state index is 12.2. The number of anilines is 1. The topological polar surface area (TPSA) is 52.6 Å². The average Bonchev–Trinajstić information content (AvgIpc) is 2.58. The van der Waals surface area contributed by atoms with Crippen LogP contribution in [0.15, 0.2) is 24.3 Å². The van der Waals surface area contributed by atoms with E-state index in [4.69, 9.17) is 0 Å². The molecule has 25 heavy (non-hydrogen) atoms. The molecule has 0 bridgehead atoms. The first-order chi connectivity index (χ1) is 12.0. The maximum Gasteiger partial charge on any atom is 0.224 e.